The van der Waals surface area contributed by atoms with Gasteiger partial charge in [0, 0.05) is 18.4 Å². The molecule has 0 saturated carbocycles. The van der Waals surface area contributed by atoms with Crippen LogP contribution in [0.4, 0.5) is 11.5 Å². The molecule has 3 heterocycles. The maximum Gasteiger partial charge on any atom is 0.224 e. The summed E-state index contributed by atoms with van der Waals surface area (Å²) in [5.74, 6) is 0.507. The molecular weight excluding hydrogens is 380 g/mol. The van der Waals surface area contributed by atoms with Crippen molar-refractivity contribution >= 4 is 44.7 Å². The Morgan fingerprint density at radius 1 is 1.30 bits per heavy atom. The SMILES string of the molecule is Clc1ncc(Br)c(N=C2C=CCN(c3ccccc3)C3OC23)n1. The van der Waals surface area contributed by atoms with E-state index in [2.05, 4.69) is 54.0 Å². The number of aliphatic imine (C=N–C) groups is 1. The molecule has 2 aliphatic heterocycles. The number of para-hydroxylation sites is 1. The molecule has 2 aliphatic rings. The van der Waals surface area contributed by atoms with Crippen molar-refractivity contribution in [1.82, 2.24) is 9.97 Å². The highest BCUT2D eigenvalue weighted by atomic mass is 79.9. The van der Waals surface area contributed by atoms with Crippen LogP contribution in [0.2, 0.25) is 5.28 Å². The number of hydrogen-bond acceptors (Lipinski definition) is 5. The van der Waals surface area contributed by atoms with Crippen molar-refractivity contribution in [3.8, 4) is 0 Å². The molecule has 7 heteroatoms. The number of epoxide rings is 1. The standard InChI is InChI=1S/C16H12BrClN4O/c17-11-9-19-16(18)21-14(11)20-12-7-4-8-22(15-13(12)23-15)10-5-2-1-3-6-10/h1-7,9,13,15H,8H2. The molecule has 0 N–H and O–H groups in total. The first kappa shape index (κ1) is 14.8. The van der Waals surface area contributed by atoms with E-state index in [1.165, 1.54) is 0 Å². The number of benzene rings is 1. The molecule has 1 saturated heterocycles. The fourth-order valence-corrected chi connectivity index (χ4v) is 2.96. The van der Waals surface area contributed by atoms with Crippen molar-refractivity contribution in [2.45, 2.75) is 12.3 Å². The second kappa shape index (κ2) is 6.03. The molecular formula is C16H12BrClN4O. The molecule has 23 heavy (non-hydrogen) atoms. The molecule has 1 aromatic carbocycles. The second-order valence-electron chi connectivity index (χ2n) is 5.18. The monoisotopic (exact) mass is 390 g/mol. The van der Waals surface area contributed by atoms with Gasteiger partial charge in [-0.1, -0.05) is 24.3 Å². The zero-order valence-corrected chi connectivity index (χ0v) is 14.3. The lowest BCUT2D eigenvalue weighted by Crippen LogP contribution is -2.28. The van der Waals surface area contributed by atoms with E-state index >= 15 is 0 Å². The Kier molecular flexibility index (Phi) is 3.88. The average molecular weight is 392 g/mol. The summed E-state index contributed by atoms with van der Waals surface area (Å²) in [6.07, 6.45) is 5.60. The fraction of sp³-hybridized carbons (Fsp3) is 0.188. The molecule has 0 aliphatic carbocycles. The van der Waals surface area contributed by atoms with Gasteiger partial charge in [-0.05, 0) is 45.7 Å². The molecule has 2 aromatic rings. The Balaban J connectivity index is 1.62. The molecule has 5 nitrogen and oxygen atoms in total. The van der Waals surface area contributed by atoms with Gasteiger partial charge >= 0.3 is 0 Å². The van der Waals surface area contributed by atoms with Gasteiger partial charge in [-0.2, -0.15) is 4.98 Å². The maximum atomic E-state index is 5.85. The van der Waals surface area contributed by atoms with Gasteiger partial charge in [-0.3, -0.25) is 0 Å². The highest BCUT2D eigenvalue weighted by Crippen LogP contribution is 2.35. The summed E-state index contributed by atoms with van der Waals surface area (Å²) in [6.45, 7) is 0.774. The first-order valence-electron chi connectivity index (χ1n) is 7.13. The van der Waals surface area contributed by atoms with E-state index in [9.17, 15) is 0 Å². The van der Waals surface area contributed by atoms with Crippen molar-refractivity contribution in [1.29, 1.82) is 0 Å². The lowest BCUT2D eigenvalue weighted by molar-refractivity contribution is 0.388. The number of rotatable bonds is 2. The molecule has 4 rings (SSSR count). The third-order valence-electron chi connectivity index (χ3n) is 3.68. The van der Waals surface area contributed by atoms with Crippen LogP contribution in [0.3, 0.4) is 0 Å². The molecule has 0 amide bonds. The molecule has 2 atom stereocenters. The van der Waals surface area contributed by atoms with Gasteiger partial charge in [-0.25, -0.2) is 9.98 Å². The van der Waals surface area contributed by atoms with Crippen LogP contribution in [-0.2, 0) is 4.74 Å². The molecule has 1 fully saturated rings. The Morgan fingerprint density at radius 2 is 2.13 bits per heavy atom. The normalized spacial score (nSPS) is 24.4. The number of nitrogens with zero attached hydrogens (tertiary/aromatic N) is 4. The molecule has 0 radical (unpaired) electrons. The largest absolute Gasteiger partial charge is 0.341 e. The van der Waals surface area contributed by atoms with E-state index in [0.717, 1.165) is 17.9 Å². The van der Waals surface area contributed by atoms with Gasteiger partial charge in [0.05, 0.1) is 10.2 Å². The Morgan fingerprint density at radius 3 is 2.96 bits per heavy atom. The summed E-state index contributed by atoms with van der Waals surface area (Å²) in [4.78, 5) is 14.9. The number of fused-ring (bicyclic) bond motifs is 1. The van der Waals surface area contributed by atoms with Crippen molar-refractivity contribution < 1.29 is 4.74 Å². The third-order valence-corrected chi connectivity index (χ3v) is 4.42. The number of hydrogen-bond donors (Lipinski definition) is 0. The molecule has 0 spiro atoms. The lowest BCUT2D eigenvalue weighted by atomic mass is 10.2. The second-order valence-corrected chi connectivity index (χ2v) is 6.38. The zero-order chi connectivity index (χ0) is 15.8. The lowest BCUT2D eigenvalue weighted by Gasteiger charge is -2.20. The number of anilines is 1. The van der Waals surface area contributed by atoms with Crippen LogP contribution in [0, 0.1) is 0 Å². The Bertz CT molecular complexity index is 796. The molecule has 1 aromatic heterocycles. The van der Waals surface area contributed by atoms with Crippen molar-refractivity contribution in [2.75, 3.05) is 11.4 Å². The quantitative estimate of drug-likeness (QED) is 0.578. The van der Waals surface area contributed by atoms with E-state index in [0.29, 0.717) is 10.3 Å². The smallest absolute Gasteiger partial charge is 0.224 e. The minimum atomic E-state index is -0.0606. The van der Waals surface area contributed by atoms with Crippen molar-refractivity contribution in [2.24, 2.45) is 4.99 Å². The first-order chi connectivity index (χ1) is 11.2. The van der Waals surface area contributed by atoms with Crippen molar-refractivity contribution in [3.63, 3.8) is 0 Å². The number of ether oxygens (including phenoxy) is 1. The van der Waals surface area contributed by atoms with Crippen LogP contribution in [0.15, 0.2) is 58.1 Å². The molecule has 116 valence electrons. The van der Waals surface area contributed by atoms with Gasteiger partial charge < -0.3 is 9.64 Å². The Hall–Kier alpha value is -1.76. The number of aromatic nitrogens is 2. The average Bonchev–Trinajstić information content (AvgIpc) is 3.35. The summed E-state index contributed by atoms with van der Waals surface area (Å²) in [5, 5.41) is 0.171. The Labute approximate surface area is 146 Å². The topological polar surface area (TPSA) is 53.9 Å². The van der Waals surface area contributed by atoms with Gasteiger partial charge in [0.15, 0.2) is 12.0 Å². The van der Waals surface area contributed by atoms with Crippen molar-refractivity contribution in [3.05, 3.63) is 58.4 Å². The molecule has 0 bridgehead atoms. The summed E-state index contributed by atoms with van der Waals surface area (Å²) < 4.78 is 6.53. The van der Waals surface area contributed by atoms with Gasteiger partial charge in [0.2, 0.25) is 5.28 Å². The summed E-state index contributed by atoms with van der Waals surface area (Å²) in [6, 6.07) is 10.2. The van der Waals surface area contributed by atoms with E-state index in [1.807, 2.05) is 24.3 Å². The first-order valence-corrected chi connectivity index (χ1v) is 8.30. The van der Waals surface area contributed by atoms with E-state index in [4.69, 9.17) is 16.3 Å². The van der Waals surface area contributed by atoms with Crippen LogP contribution in [0.25, 0.3) is 0 Å². The van der Waals surface area contributed by atoms with E-state index in [-0.39, 0.29) is 17.6 Å². The van der Waals surface area contributed by atoms with E-state index < -0.39 is 0 Å². The van der Waals surface area contributed by atoms with Gasteiger partial charge in [0.1, 0.15) is 6.10 Å². The maximum absolute atomic E-state index is 5.85. The van der Waals surface area contributed by atoms with Crippen LogP contribution >= 0.6 is 27.5 Å². The van der Waals surface area contributed by atoms with Gasteiger partial charge in [-0.15, -0.1) is 0 Å². The predicted molar refractivity (Wildman–Crippen MR) is 93.4 cm³/mol. The fourth-order valence-electron chi connectivity index (χ4n) is 2.55. The van der Waals surface area contributed by atoms with Crippen LogP contribution < -0.4 is 4.90 Å². The van der Waals surface area contributed by atoms with Crippen LogP contribution in [0.5, 0.6) is 0 Å². The zero-order valence-electron chi connectivity index (χ0n) is 11.9. The minimum Gasteiger partial charge on any atom is -0.341 e. The minimum absolute atomic E-state index is 0.00207. The summed E-state index contributed by atoms with van der Waals surface area (Å²) in [5.41, 5.74) is 1.97. The summed E-state index contributed by atoms with van der Waals surface area (Å²) >= 11 is 9.24. The van der Waals surface area contributed by atoms with Crippen LogP contribution in [-0.4, -0.2) is 34.6 Å². The number of halogens is 2. The highest BCUT2D eigenvalue weighted by Gasteiger charge is 2.47. The van der Waals surface area contributed by atoms with E-state index in [1.54, 1.807) is 6.20 Å². The summed E-state index contributed by atoms with van der Waals surface area (Å²) in [7, 11) is 0. The molecule has 2 unspecified atom stereocenters. The highest BCUT2D eigenvalue weighted by molar-refractivity contribution is 9.10. The third kappa shape index (κ3) is 3.02. The van der Waals surface area contributed by atoms with Gasteiger partial charge in [0.25, 0.3) is 0 Å². The van der Waals surface area contributed by atoms with Crippen LogP contribution in [0.1, 0.15) is 0 Å². The predicted octanol–water partition coefficient (Wildman–Crippen LogP) is 3.77.